The van der Waals surface area contributed by atoms with Crippen LogP contribution in [0.2, 0.25) is 0 Å². The minimum atomic E-state index is -4.60. The van der Waals surface area contributed by atoms with E-state index in [1.54, 1.807) is 12.1 Å². The van der Waals surface area contributed by atoms with E-state index in [-0.39, 0.29) is 11.5 Å². The van der Waals surface area contributed by atoms with Gasteiger partial charge in [0, 0.05) is 0 Å². The molecule has 1 atom stereocenters. The van der Waals surface area contributed by atoms with Crippen molar-refractivity contribution in [1.82, 2.24) is 0 Å². The molecule has 0 fully saturated rings. The average molecular weight is 232 g/mol. The van der Waals surface area contributed by atoms with Crippen molar-refractivity contribution in [3.05, 3.63) is 35.4 Å². The largest absolute Gasteiger partial charge is 0.418 e. The Morgan fingerprint density at radius 2 is 1.75 bits per heavy atom. The van der Waals surface area contributed by atoms with E-state index in [4.69, 9.17) is 0 Å². The maximum absolute atomic E-state index is 12.4. The van der Waals surface area contributed by atoms with Crippen LogP contribution in [-0.4, -0.2) is 11.3 Å². The summed E-state index contributed by atoms with van der Waals surface area (Å²) in [5.74, 6) is 0.251. The molecule has 0 aliphatic rings. The third kappa shape index (κ3) is 3.23. The summed E-state index contributed by atoms with van der Waals surface area (Å²) in [6.45, 7) is 3.85. The lowest BCUT2D eigenvalue weighted by Gasteiger charge is -2.19. The monoisotopic (exact) mass is 232 g/mol. The zero-order valence-electron chi connectivity index (χ0n) is 9.25. The summed E-state index contributed by atoms with van der Waals surface area (Å²) in [4.78, 5) is 0. The van der Waals surface area contributed by atoms with Gasteiger partial charge in [0.2, 0.25) is 0 Å². The molecule has 1 rings (SSSR count). The summed E-state index contributed by atoms with van der Waals surface area (Å²) >= 11 is 0. The molecular weight excluding hydrogens is 217 g/mol. The summed E-state index contributed by atoms with van der Waals surface area (Å²) in [5.41, 5.74) is 0.519. The fourth-order valence-corrected chi connectivity index (χ4v) is 1.60. The molecule has 1 aromatic rings. The molecule has 0 aliphatic carbocycles. The fraction of sp³-hybridized carbons (Fsp3) is 0.500. The van der Waals surface area contributed by atoms with Crippen LogP contribution in [0.15, 0.2) is 24.3 Å². The quantitative estimate of drug-likeness (QED) is 0.845. The van der Waals surface area contributed by atoms with Crippen molar-refractivity contribution in [2.45, 2.75) is 32.5 Å². The maximum Gasteiger partial charge on any atom is 0.418 e. The molecular formula is C12H15F3O. The Morgan fingerprint density at radius 1 is 1.19 bits per heavy atom. The number of hydrogen-bond acceptors (Lipinski definition) is 1. The fourth-order valence-electron chi connectivity index (χ4n) is 1.60. The van der Waals surface area contributed by atoms with Crippen LogP contribution in [0.1, 0.15) is 31.1 Å². The first-order valence-corrected chi connectivity index (χ1v) is 5.15. The SMILES string of the molecule is CC(C)Cc1ccccc1C(O)C(F)(F)F. The Hall–Kier alpha value is -1.03. The van der Waals surface area contributed by atoms with Gasteiger partial charge in [-0.3, -0.25) is 0 Å². The summed E-state index contributed by atoms with van der Waals surface area (Å²) < 4.78 is 37.2. The Kier molecular flexibility index (Phi) is 3.97. The van der Waals surface area contributed by atoms with Crippen LogP contribution in [0, 0.1) is 5.92 Å². The van der Waals surface area contributed by atoms with Crippen LogP contribution in [0.3, 0.4) is 0 Å². The van der Waals surface area contributed by atoms with Gasteiger partial charge in [0.15, 0.2) is 6.10 Å². The molecule has 0 bridgehead atoms. The summed E-state index contributed by atoms with van der Waals surface area (Å²) in [6, 6.07) is 6.15. The number of halogens is 3. The zero-order valence-corrected chi connectivity index (χ0v) is 9.25. The van der Waals surface area contributed by atoms with Gasteiger partial charge in [-0.1, -0.05) is 38.1 Å². The molecule has 1 nitrogen and oxygen atoms in total. The van der Waals surface area contributed by atoms with Crippen LogP contribution in [0.4, 0.5) is 13.2 Å². The molecule has 0 radical (unpaired) electrons. The number of alkyl halides is 3. The number of aliphatic hydroxyl groups is 1. The molecule has 0 spiro atoms. The normalized spacial score (nSPS) is 14.2. The predicted molar refractivity (Wildman–Crippen MR) is 56.0 cm³/mol. The van der Waals surface area contributed by atoms with Crippen LogP contribution >= 0.6 is 0 Å². The Balaban J connectivity index is 3.03. The van der Waals surface area contributed by atoms with E-state index in [2.05, 4.69) is 0 Å². The molecule has 90 valence electrons. The lowest BCUT2D eigenvalue weighted by Crippen LogP contribution is -2.21. The number of hydrogen-bond donors (Lipinski definition) is 1. The maximum atomic E-state index is 12.4. The van der Waals surface area contributed by atoms with Crippen LogP contribution in [-0.2, 0) is 6.42 Å². The second-order valence-electron chi connectivity index (χ2n) is 4.24. The van der Waals surface area contributed by atoms with E-state index >= 15 is 0 Å². The van der Waals surface area contributed by atoms with Crippen molar-refractivity contribution < 1.29 is 18.3 Å². The highest BCUT2D eigenvalue weighted by Crippen LogP contribution is 2.34. The van der Waals surface area contributed by atoms with Gasteiger partial charge >= 0.3 is 6.18 Å². The first-order valence-electron chi connectivity index (χ1n) is 5.15. The third-order valence-corrected chi connectivity index (χ3v) is 2.29. The number of benzene rings is 1. The van der Waals surface area contributed by atoms with Crippen LogP contribution in [0.25, 0.3) is 0 Å². The third-order valence-electron chi connectivity index (χ3n) is 2.29. The van der Waals surface area contributed by atoms with E-state index in [9.17, 15) is 18.3 Å². The molecule has 0 amide bonds. The molecule has 1 aromatic carbocycles. The first kappa shape index (κ1) is 13.0. The predicted octanol–water partition coefficient (Wildman–Crippen LogP) is 3.48. The summed E-state index contributed by atoms with van der Waals surface area (Å²) in [5, 5.41) is 9.23. The molecule has 0 aliphatic heterocycles. The van der Waals surface area contributed by atoms with Gasteiger partial charge in [0.1, 0.15) is 0 Å². The van der Waals surface area contributed by atoms with Crippen molar-refractivity contribution in [3.8, 4) is 0 Å². The van der Waals surface area contributed by atoms with Crippen molar-refractivity contribution in [1.29, 1.82) is 0 Å². The minimum Gasteiger partial charge on any atom is -0.379 e. The Labute approximate surface area is 92.9 Å². The molecule has 1 N–H and O–H groups in total. The van der Waals surface area contributed by atoms with Crippen LogP contribution < -0.4 is 0 Å². The lowest BCUT2D eigenvalue weighted by atomic mass is 9.95. The summed E-state index contributed by atoms with van der Waals surface area (Å²) in [6.07, 6.45) is -6.46. The van der Waals surface area contributed by atoms with Crippen molar-refractivity contribution in [2.75, 3.05) is 0 Å². The van der Waals surface area contributed by atoms with E-state index in [0.29, 0.717) is 12.0 Å². The molecule has 0 saturated heterocycles. The van der Waals surface area contributed by atoms with Gasteiger partial charge in [-0.25, -0.2) is 0 Å². The van der Waals surface area contributed by atoms with Crippen molar-refractivity contribution in [3.63, 3.8) is 0 Å². The van der Waals surface area contributed by atoms with Gasteiger partial charge in [0.05, 0.1) is 0 Å². The Morgan fingerprint density at radius 3 is 2.25 bits per heavy atom. The number of aliphatic hydroxyl groups excluding tert-OH is 1. The van der Waals surface area contributed by atoms with Crippen LogP contribution in [0.5, 0.6) is 0 Å². The Bertz CT molecular complexity index is 344. The van der Waals surface area contributed by atoms with Gasteiger partial charge in [-0.15, -0.1) is 0 Å². The van der Waals surface area contributed by atoms with Gasteiger partial charge in [-0.05, 0) is 23.5 Å². The zero-order chi connectivity index (χ0) is 12.3. The average Bonchev–Trinajstić information content (AvgIpc) is 2.15. The highest BCUT2D eigenvalue weighted by atomic mass is 19.4. The smallest absolute Gasteiger partial charge is 0.379 e. The van der Waals surface area contributed by atoms with Gasteiger partial charge in [0.25, 0.3) is 0 Å². The standard InChI is InChI=1S/C12H15F3O/c1-8(2)7-9-5-3-4-6-10(9)11(16)12(13,14)15/h3-6,8,11,16H,7H2,1-2H3. The highest BCUT2D eigenvalue weighted by Gasteiger charge is 2.40. The topological polar surface area (TPSA) is 20.2 Å². The molecule has 1 unspecified atom stereocenters. The minimum absolute atomic E-state index is 0.0382. The molecule has 0 aromatic heterocycles. The van der Waals surface area contributed by atoms with Crippen molar-refractivity contribution in [2.24, 2.45) is 5.92 Å². The van der Waals surface area contributed by atoms with Gasteiger partial charge in [-0.2, -0.15) is 13.2 Å². The first-order chi connectivity index (χ1) is 7.32. The molecule has 4 heteroatoms. The van der Waals surface area contributed by atoms with E-state index < -0.39 is 12.3 Å². The molecule has 0 heterocycles. The van der Waals surface area contributed by atoms with Gasteiger partial charge < -0.3 is 5.11 Å². The second-order valence-corrected chi connectivity index (χ2v) is 4.24. The van der Waals surface area contributed by atoms with E-state index in [1.807, 2.05) is 13.8 Å². The molecule has 0 saturated carbocycles. The number of rotatable bonds is 3. The highest BCUT2D eigenvalue weighted by molar-refractivity contribution is 5.30. The molecule has 16 heavy (non-hydrogen) atoms. The van der Waals surface area contributed by atoms with E-state index in [1.165, 1.54) is 12.1 Å². The second kappa shape index (κ2) is 4.87. The van der Waals surface area contributed by atoms with Crippen molar-refractivity contribution >= 4 is 0 Å². The van der Waals surface area contributed by atoms with E-state index in [0.717, 1.165) is 0 Å². The lowest BCUT2D eigenvalue weighted by molar-refractivity contribution is -0.207. The summed E-state index contributed by atoms with van der Waals surface area (Å²) in [7, 11) is 0.